The van der Waals surface area contributed by atoms with Crippen LogP contribution in [0.3, 0.4) is 0 Å². The van der Waals surface area contributed by atoms with Crippen molar-refractivity contribution in [3.05, 3.63) is 121 Å². The highest BCUT2D eigenvalue weighted by molar-refractivity contribution is 7.97. The van der Waals surface area contributed by atoms with Crippen LogP contribution in [0.1, 0.15) is 0 Å². The molecule has 0 heterocycles. The summed E-state index contributed by atoms with van der Waals surface area (Å²) in [5.74, 6) is 0.0718. The van der Waals surface area contributed by atoms with E-state index in [1.807, 2.05) is 6.07 Å². The molecule has 0 aliphatic carbocycles. The molecule has 0 radical (unpaired) electrons. The first-order valence-electron chi connectivity index (χ1n) is 8.46. The van der Waals surface area contributed by atoms with Gasteiger partial charge in [0, 0.05) is 0 Å². The van der Waals surface area contributed by atoms with Crippen molar-refractivity contribution in [3.63, 3.8) is 0 Å². The fourth-order valence-electron chi connectivity index (χ4n) is 2.50. The van der Waals surface area contributed by atoms with E-state index >= 15 is 0 Å². The molecule has 2 heteroatoms. The van der Waals surface area contributed by atoms with E-state index in [0.29, 0.717) is 0 Å². The van der Waals surface area contributed by atoms with E-state index in [4.69, 9.17) is 0 Å². The highest BCUT2D eigenvalue weighted by Gasteiger charge is 2.27. The van der Waals surface area contributed by atoms with Crippen LogP contribution in [-0.2, 0) is 10.9 Å². The number of hydrogen-bond donors (Lipinski definition) is 0. The van der Waals surface area contributed by atoms with Gasteiger partial charge in [0.05, 0.1) is 10.9 Å². The zero-order chi connectivity index (χ0) is 18.0. The number of benzene rings is 4. The van der Waals surface area contributed by atoms with Gasteiger partial charge in [-0.05, 0) is 36.4 Å². The third-order valence-electron chi connectivity index (χ3n) is 3.68. The minimum Gasteiger partial charge on any atom is -0.872 e. The van der Waals surface area contributed by atoms with Crippen LogP contribution in [0.4, 0.5) is 0 Å². The molecule has 0 amide bonds. The highest BCUT2D eigenvalue weighted by Crippen LogP contribution is 2.30. The van der Waals surface area contributed by atoms with E-state index in [0.717, 1.165) is 0 Å². The second-order valence-electron chi connectivity index (χ2n) is 5.56. The molecule has 0 aliphatic heterocycles. The van der Waals surface area contributed by atoms with Crippen molar-refractivity contribution in [2.75, 3.05) is 0 Å². The van der Waals surface area contributed by atoms with Crippen molar-refractivity contribution in [1.29, 1.82) is 0 Å². The van der Waals surface area contributed by atoms with Gasteiger partial charge in [-0.1, -0.05) is 84.9 Å². The molecular weight excluding hydrogens is 336 g/mol. The second kappa shape index (κ2) is 9.50. The molecule has 0 aliphatic rings. The Bertz CT molecular complexity index is 784. The monoisotopic (exact) mass is 356 g/mol. The summed E-state index contributed by atoms with van der Waals surface area (Å²) in [5.41, 5.74) is 0. The number of hydrogen-bond acceptors (Lipinski definition) is 1. The first-order chi connectivity index (χ1) is 12.8. The van der Waals surface area contributed by atoms with E-state index in [1.165, 1.54) is 26.8 Å². The average molecular weight is 356 g/mol. The Kier molecular flexibility index (Phi) is 6.52. The van der Waals surface area contributed by atoms with Crippen LogP contribution < -0.4 is 5.11 Å². The quantitative estimate of drug-likeness (QED) is 0.442. The van der Waals surface area contributed by atoms with Crippen molar-refractivity contribution in [1.82, 2.24) is 0 Å². The van der Waals surface area contributed by atoms with Gasteiger partial charge in [-0.2, -0.15) is 0 Å². The fraction of sp³-hybridized carbons (Fsp3) is 0. The average Bonchev–Trinajstić information content (AvgIpc) is 2.72. The summed E-state index contributed by atoms with van der Waals surface area (Å²) in [6.45, 7) is 0. The summed E-state index contributed by atoms with van der Waals surface area (Å²) in [4.78, 5) is 4.08. The topological polar surface area (TPSA) is 23.1 Å². The van der Waals surface area contributed by atoms with Gasteiger partial charge in [0.2, 0.25) is 0 Å². The minimum absolute atomic E-state index is 0.0146. The van der Waals surface area contributed by atoms with Crippen molar-refractivity contribution in [2.45, 2.75) is 14.7 Å². The van der Waals surface area contributed by atoms with Gasteiger partial charge in [-0.15, -0.1) is 5.75 Å². The van der Waals surface area contributed by atoms with E-state index in [9.17, 15) is 5.11 Å². The fourth-order valence-corrected chi connectivity index (χ4v) is 4.60. The summed E-state index contributed by atoms with van der Waals surface area (Å²) in [6.07, 6.45) is 0. The third-order valence-corrected chi connectivity index (χ3v) is 5.91. The predicted molar refractivity (Wildman–Crippen MR) is 107 cm³/mol. The lowest BCUT2D eigenvalue weighted by Gasteiger charge is -2.07. The van der Waals surface area contributed by atoms with Crippen LogP contribution in [0.15, 0.2) is 136 Å². The molecule has 0 bridgehead atoms. The largest absolute Gasteiger partial charge is 0.872 e. The Balaban J connectivity index is 0.000000236. The van der Waals surface area contributed by atoms with Crippen molar-refractivity contribution >= 4 is 10.9 Å². The maximum Gasteiger partial charge on any atom is 0.166 e. The molecule has 4 aromatic carbocycles. The Morgan fingerprint density at radius 1 is 0.385 bits per heavy atom. The molecule has 0 N–H and O–H groups in total. The molecule has 4 rings (SSSR count). The van der Waals surface area contributed by atoms with Gasteiger partial charge < -0.3 is 5.11 Å². The van der Waals surface area contributed by atoms with Crippen molar-refractivity contribution in [3.8, 4) is 5.75 Å². The molecule has 0 saturated carbocycles. The Morgan fingerprint density at radius 3 is 0.885 bits per heavy atom. The highest BCUT2D eigenvalue weighted by atomic mass is 32.2. The molecule has 0 saturated heterocycles. The minimum atomic E-state index is -0.0146. The zero-order valence-electron chi connectivity index (χ0n) is 14.4. The SMILES string of the molecule is [O-]c1ccccc1.c1ccc([S+](c2ccccc2)c2ccccc2)cc1. The lowest BCUT2D eigenvalue weighted by molar-refractivity contribution is -0.268. The Morgan fingerprint density at radius 2 is 0.654 bits per heavy atom. The van der Waals surface area contributed by atoms with E-state index in [2.05, 4.69) is 91.0 Å². The summed E-state index contributed by atoms with van der Waals surface area (Å²) in [6, 6.07) is 40.5. The van der Waals surface area contributed by atoms with Gasteiger partial charge in [-0.3, -0.25) is 0 Å². The van der Waals surface area contributed by atoms with Crippen LogP contribution in [0, 0.1) is 0 Å². The van der Waals surface area contributed by atoms with Crippen LogP contribution in [0.5, 0.6) is 5.75 Å². The molecule has 1 nitrogen and oxygen atoms in total. The summed E-state index contributed by atoms with van der Waals surface area (Å²) >= 11 is 0. The molecule has 0 aromatic heterocycles. The summed E-state index contributed by atoms with van der Waals surface area (Å²) < 4.78 is 0. The molecule has 0 spiro atoms. The first kappa shape index (κ1) is 17.8. The van der Waals surface area contributed by atoms with Crippen LogP contribution >= 0.6 is 0 Å². The third kappa shape index (κ3) is 5.01. The molecule has 4 aromatic rings. The van der Waals surface area contributed by atoms with E-state index < -0.39 is 0 Å². The number of rotatable bonds is 3. The predicted octanol–water partition coefficient (Wildman–Crippen LogP) is 5.54. The second-order valence-corrected chi connectivity index (χ2v) is 7.58. The van der Waals surface area contributed by atoms with Crippen molar-refractivity contribution in [2.24, 2.45) is 0 Å². The molecule has 128 valence electrons. The standard InChI is InChI=1S/C18H15S.C6H6O/c1-4-10-16(11-5-1)19(17-12-6-2-7-13-17)18-14-8-3-9-15-18;7-6-4-2-1-3-5-6/h1-15H;1-5,7H/q+1;/p-1. The van der Waals surface area contributed by atoms with E-state index in [-0.39, 0.29) is 16.6 Å². The Hall–Kier alpha value is -2.97. The van der Waals surface area contributed by atoms with Crippen LogP contribution in [0.2, 0.25) is 0 Å². The van der Waals surface area contributed by atoms with Crippen LogP contribution in [0.25, 0.3) is 0 Å². The summed E-state index contributed by atoms with van der Waals surface area (Å²) in [7, 11) is -0.0146. The first-order valence-corrected chi connectivity index (χ1v) is 9.68. The van der Waals surface area contributed by atoms with E-state index in [1.54, 1.807) is 12.1 Å². The Labute approximate surface area is 157 Å². The van der Waals surface area contributed by atoms with Gasteiger partial charge in [0.25, 0.3) is 0 Å². The molecule has 0 fully saturated rings. The smallest absolute Gasteiger partial charge is 0.166 e. The normalized spacial score (nSPS) is 10.0. The van der Waals surface area contributed by atoms with Gasteiger partial charge in [0.15, 0.2) is 14.7 Å². The molecular formula is C24H20OS. The van der Waals surface area contributed by atoms with Crippen LogP contribution in [-0.4, -0.2) is 0 Å². The molecule has 0 atom stereocenters. The molecule has 26 heavy (non-hydrogen) atoms. The summed E-state index contributed by atoms with van der Waals surface area (Å²) in [5, 5.41) is 10.3. The van der Waals surface area contributed by atoms with Crippen molar-refractivity contribution < 1.29 is 5.11 Å². The van der Waals surface area contributed by atoms with Gasteiger partial charge in [-0.25, -0.2) is 0 Å². The van der Waals surface area contributed by atoms with Gasteiger partial charge in [0.1, 0.15) is 0 Å². The lowest BCUT2D eigenvalue weighted by atomic mass is 10.3. The number of para-hydroxylation sites is 1. The molecule has 0 unspecified atom stereocenters. The maximum absolute atomic E-state index is 10.3. The lowest BCUT2D eigenvalue weighted by Crippen LogP contribution is -2.04. The van der Waals surface area contributed by atoms with Gasteiger partial charge >= 0.3 is 0 Å². The zero-order valence-corrected chi connectivity index (χ0v) is 15.2. The maximum atomic E-state index is 10.3.